The van der Waals surface area contributed by atoms with E-state index in [1.54, 1.807) is 18.3 Å². The SMILES string of the molecule is Cc1ccc(Nc2nccc(C(=O)NCCC(C)C)n2)cc1Cl. The van der Waals surface area contributed by atoms with Gasteiger partial charge in [-0.25, -0.2) is 9.97 Å². The average molecular weight is 333 g/mol. The van der Waals surface area contributed by atoms with Crippen molar-refractivity contribution in [1.82, 2.24) is 15.3 Å². The van der Waals surface area contributed by atoms with E-state index >= 15 is 0 Å². The number of carbonyl (C=O) groups is 1. The molecule has 1 heterocycles. The van der Waals surface area contributed by atoms with Crippen molar-refractivity contribution >= 4 is 29.1 Å². The molecule has 0 unspecified atom stereocenters. The minimum Gasteiger partial charge on any atom is -0.351 e. The van der Waals surface area contributed by atoms with Crippen LogP contribution in [0, 0.1) is 12.8 Å². The Morgan fingerprint density at radius 2 is 2.09 bits per heavy atom. The molecule has 0 saturated heterocycles. The summed E-state index contributed by atoms with van der Waals surface area (Å²) in [5, 5.41) is 6.58. The lowest BCUT2D eigenvalue weighted by Gasteiger charge is -2.09. The molecule has 122 valence electrons. The number of benzene rings is 1. The molecule has 0 radical (unpaired) electrons. The minimum absolute atomic E-state index is 0.196. The third-order valence-corrected chi connectivity index (χ3v) is 3.73. The van der Waals surface area contributed by atoms with Crippen LogP contribution >= 0.6 is 11.6 Å². The Bertz CT molecular complexity index is 688. The Kier molecular flexibility index (Phi) is 5.93. The van der Waals surface area contributed by atoms with Crippen LogP contribution in [0.2, 0.25) is 5.02 Å². The van der Waals surface area contributed by atoms with E-state index in [1.165, 1.54) is 0 Å². The zero-order chi connectivity index (χ0) is 16.8. The van der Waals surface area contributed by atoms with Crippen LogP contribution in [0.4, 0.5) is 11.6 Å². The van der Waals surface area contributed by atoms with Gasteiger partial charge in [0.2, 0.25) is 5.95 Å². The van der Waals surface area contributed by atoms with Crippen molar-refractivity contribution in [3.8, 4) is 0 Å². The lowest BCUT2D eigenvalue weighted by molar-refractivity contribution is 0.0947. The molecule has 0 aliphatic carbocycles. The van der Waals surface area contributed by atoms with Gasteiger partial charge in [-0.1, -0.05) is 31.5 Å². The number of aromatic nitrogens is 2. The van der Waals surface area contributed by atoms with Gasteiger partial charge in [0.1, 0.15) is 5.69 Å². The third-order valence-electron chi connectivity index (χ3n) is 3.32. The molecule has 2 aromatic rings. The minimum atomic E-state index is -0.196. The Balaban J connectivity index is 2.04. The fraction of sp³-hybridized carbons (Fsp3) is 0.353. The number of hydrogen-bond donors (Lipinski definition) is 2. The Labute approximate surface area is 141 Å². The van der Waals surface area contributed by atoms with Crippen molar-refractivity contribution < 1.29 is 4.79 Å². The Hall–Kier alpha value is -2.14. The van der Waals surface area contributed by atoms with Crippen molar-refractivity contribution in [1.29, 1.82) is 0 Å². The predicted octanol–water partition coefficient (Wildman–Crippen LogP) is 3.96. The summed E-state index contributed by atoms with van der Waals surface area (Å²) >= 11 is 6.10. The number of rotatable bonds is 6. The number of aryl methyl sites for hydroxylation is 1. The molecule has 0 aliphatic rings. The van der Waals surface area contributed by atoms with Gasteiger partial charge in [-0.3, -0.25) is 4.79 Å². The van der Waals surface area contributed by atoms with Gasteiger partial charge < -0.3 is 10.6 Å². The Morgan fingerprint density at radius 1 is 1.30 bits per heavy atom. The van der Waals surface area contributed by atoms with E-state index < -0.39 is 0 Å². The first kappa shape index (κ1) is 17.2. The average Bonchev–Trinajstić information content (AvgIpc) is 2.51. The van der Waals surface area contributed by atoms with Gasteiger partial charge in [-0.05, 0) is 43.0 Å². The first-order chi connectivity index (χ1) is 11.0. The second-order valence-electron chi connectivity index (χ2n) is 5.79. The van der Waals surface area contributed by atoms with E-state index in [0.29, 0.717) is 29.1 Å². The molecular formula is C17H21ClN4O. The number of hydrogen-bond acceptors (Lipinski definition) is 4. The summed E-state index contributed by atoms with van der Waals surface area (Å²) in [5.74, 6) is 0.712. The van der Waals surface area contributed by atoms with Crippen molar-refractivity contribution in [2.24, 2.45) is 5.92 Å². The molecule has 0 saturated carbocycles. The lowest BCUT2D eigenvalue weighted by atomic mass is 10.1. The molecule has 23 heavy (non-hydrogen) atoms. The van der Waals surface area contributed by atoms with Crippen LogP contribution in [0.3, 0.4) is 0 Å². The molecule has 5 nitrogen and oxygen atoms in total. The molecule has 1 aromatic heterocycles. The normalized spacial score (nSPS) is 10.7. The van der Waals surface area contributed by atoms with Crippen molar-refractivity contribution in [3.63, 3.8) is 0 Å². The van der Waals surface area contributed by atoms with Crippen molar-refractivity contribution in [2.45, 2.75) is 27.2 Å². The smallest absolute Gasteiger partial charge is 0.270 e. The number of amides is 1. The van der Waals surface area contributed by atoms with E-state index in [4.69, 9.17) is 11.6 Å². The largest absolute Gasteiger partial charge is 0.351 e. The standard InChI is InChI=1S/C17H21ClN4O/c1-11(2)6-8-19-16(23)15-7-9-20-17(22-15)21-13-5-4-12(3)14(18)10-13/h4-5,7,9-11H,6,8H2,1-3H3,(H,19,23)(H,20,21,22). The number of nitrogens with one attached hydrogen (secondary N) is 2. The lowest BCUT2D eigenvalue weighted by Crippen LogP contribution is -2.26. The molecule has 0 atom stereocenters. The number of anilines is 2. The summed E-state index contributed by atoms with van der Waals surface area (Å²) in [6.45, 7) is 6.80. The van der Waals surface area contributed by atoms with Gasteiger partial charge in [0, 0.05) is 23.5 Å². The highest BCUT2D eigenvalue weighted by molar-refractivity contribution is 6.31. The summed E-state index contributed by atoms with van der Waals surface area (Å²) in [4.78, 5) is 20.5. The van der Waals surface area contributed by atoms with Gasteiger partial charge in [0.05, 0.1) is 0 Å². The summed E-state index contributed by atoms with van der Waals surface area (Å²) in [7, 11) is 0. The first-order valence-corrected chi connectivity index (χ1v) is 7.98. The number of nitrogens with zero attached hydrogens (tertiary/aromatic N) is 2. The highest BCUT2D eigenvalue weighted by Crippen LogP contribution is 2.21. The number of halogens is 1. The Morgan fingerprint density at radius 3 is 2.78 bits per heavy atom. The maximum Gasteiger partial charge on any atom is 0.270 e. The van der Waals surface area contributed by atoms with Crippen LogP contribution in [0.5, 0.6) is 0 Å². The van der Waals surface area contributed by atoms with Crippen LogP contribution in [-0.2, 0) is 0 Å². The predicted molar refractivity (Wildman–Crippen MR) is 93.3 cm³/mol. The monoisotopic (exact) mass is 332 g/mol. The molecule has 0 spiro atoms. The molecule has 0 bridgehead atoms. The maximum absolute atomic E-state index is 12.1. The maximum atomic E-state index is 12.1. The van der Waals surface area contributed by atoms with Gasteiger partial charge in [0.15, 0.2) is 0 Å². The quantitative estimate of drug-likeness (QED) is 0.840. The molecule has 2 N–H and O–H groups in total. The molecule has 1 amide bonds. The summed E-state index contributed by atoms with van der Waals surface area (Å²) in [6.07, 6.45) is 2.49. The van der Waals surface area contributed by atoms with E-state index in [0.717, 1.165) is 17.7 Å². The van der Waals surface area contributed by atoms with Gasteiger partial charge in [-0.2, -0.15) is 0 Å². The molecule has 6 heteroatoms. The van der Waals surface area contributed by atoms with E-state index in [2.05, 4.69) is 34.4 Å². The van der Waals surface area contributed by atoms with Gasteiger partial charge in [0.25, 0.3) is 5.91 Å². The summed E-state index contributed by atoms with van der Waals surface area (Å²) in [5.41, 5.74) is 2.11. The molecule has 0 aliphatic heterocycles. The zero-order valence-electron chi connectivity index (χ0n) is 13.6. The molecule has 1 aromatic carbocycles. The van der Waals surface area contributed by atoms with E-state index in [9.17, 15) is 4.79 Å². The van der Waals surface area contributed by atoms with E-state index in [1.807, 2.05) is 19.1 Å². The molecular weight excluding hydrogens is 312 g/mol. The van der Waals surface area contributed by atoms with Crippen molar-refractivity contribution in [3.05, 3.63) is 46.7 Å². The molecule has 0 fully saturated rings. The van der Waals surface area contributed by atoms with Crippen molar-refractivity contribution in [2.75, 3.05) is 11.9 Å². The topological polar surface area (TPSA) is 66.9 Å². The second-order valence-corrected chi connectivity index (χ2v) is 6.20. The first-order valence-electron chi connectivity index (χ1n) is 7.60. The second kappa shape index (κ2) is 7.92. The van der Waals surface area contributed by atoms with Gasteiger partial charge >= 0.3 is 0 Å². The summed E-state index contributed by atoms with van der Waals surface area (Å²) in [6, 6.07) is 7.20. The van der Waals surface area contributed by atoms with E-state index in [-0.39, 0.29) is 5.91 Å². The number of carbonyl (C=O) groups excluding carboxylic acids is 1. The van der Waals surface area contributed by atoms with Crippen LogP contribution in [0.15, 0.2) is 30.5 Å². The van der Waals surface area contributed by atoms with Crippen LogP contribution in [-0.4, -0.2) is 22.4 Å². The highest BCUT2D eigenvalue weighted by atomic mass is 35.5. The fourth-order valence-electron chi connectivity index (χ4n) is 1.91. The third kappa shape index (κ3) is 5.21. The fourth-order valence-corrected chi connectivity index (χ4v) is 2.09. The van der Waals surface area contributed by atoms with Gasteiger partial charge in [-0.15, -0.1) is 0 Å². The highest BCUT2D eigenvalue weighted by Gasteiger charge is 2.09. The zero-order valence-corrected chi connectivity index (χ0v) is 14.3. The van der Waals surface area contributed by atoms with Crippen LogP contribution < -0.4 is 10.6 Å². The van der Waals surface area contributed by atoms with Crippen LogP contribution in [0.1, 0.15) is 36.3 Å². The summed E-state index contributed by atoms with van der Waals surface area (Å²) < 4.78 is 0. The molecule has 2 rings (SSSR count). The van der Waals surface area contributed by atoms with Crippen LogP contribution in [0.25, 0.3) is 0 Å².